The molecule has 0 radical (unpaired) electrons. The Morgan fingerprint density at radius 1 is 1.35 bits per heavy atom. The summed E-state index contributed by atoms with van der Waals surface area (Å²) < 4.78 is 5.42. The number of nitrogens with one attached hydrogen (secondary N) is 1. The molecule has 0 saturated heterocycles. The van der Waals surface area contributed by atoms with Gasteiger partial charge in [-0.15, -0.1) is 0 Å². The van der Waals surface area contributed by atoms with Crippen molar-refractivity contribution >= 4 is 17.2 Å². The Morgan fingerprint density at radius 2 is 2.24 bits per heavy atom. The van der Waals surface area contributed by atoms with Crippen molar-refractivity contribution in [2.75, 3.05) is 0 Å². The van der Waals surface area contributed by atoms with Crippen molar-refractivity contribution in [2.45, 2.75) is 6.92 Å². The number of aromatic nitrogens is 2. The van der Waals surface area contributed by atoms with Crippen LogP contribution < -0.4 is 0 Å². The quantitative estimate of drug-likeness (QED) is 0.683. The number of furan rings is 1. The number of hydrogen-bond acceptors (Lipinski definition) is 3. The predicted molar refractivity (Wildman–Crippen MR) is 63.9 cm³/mol. The van der Waals surface area contributed by atoms with E-state index in [1.54, 1.807) is 18.3 Å². The molecule has 0 saturated carbocycles. The molecule has 0 spiro atoms. The van der Waals surface area contributed by atoms with Gasteiger partial charge in [0.1, 0.15) is 5.76 Å². The van der Waals surface area contributed by atoms with Crippen molar-refractivity contribution in [3.8, 4) is 11.3 Å². The summed E-state index contributed by atoms with van der Waals surface area (Å²) in [4.78, 5) is 10.6. The average Bonchev–Trinajstić information content (AvgIpc) is 2.94. The predicted octanol–water partition coefficient (Wildman–Crippen LogP) is 2.94. The molecule has 0 unspecified atom stereocenters. The third-order valence-corrected chi connectivity index (χ3v) is 2.79. The van der Waals surface area contributed by atoms with Crippen LogP contribution in [-0.4, -0.2) is 16.5 Å². The lowest BCUT2D eigenvalue weighted by molar-refractivity contribution is 0.110. The normalized spacial score (nSPS) is 10.9. The first-order valence-electron chi connectivity index (χ1n) is 5.27. The lowest BCUT2D eigenvalue weighted by Gasteiger charge is -2.02. The van der Waals surface area contributed by atoms with E-state index in [0.29, 0.717) is 17.8 Å². The molecule has 17 heavy (non-hydrogen) atoms. The van der Waals surface area contributed by atoms with Gasteiger partial charge in [0.05, 0.1) is 11.7 Å². The maximum Gasteiger partial charge on any atom is 0.185 e. The molecule has 3 aromatic rings. The third-order valence-electron chi connectivity index (χ3n) is 2.79. The molecule has 2 aromatic heterocycles. The number of aryl methyl sites for hydroxylation is 1. The molecule has 1 aromatic carbocycles. The Labute approximate surface area is 97.3 Å². The van der Waals surface area contributed by atoms with Gasteiger partial charge >= 0.3 is 0 Å². The zero-order valence-corrected chi connectivity index (χ0v) is 9.23. The van der Waals surface area contributed by atoms with Gasteiger partial charge in [-0.3, -0.25) is 9.89 Å². The number of carbonyl (C=O) groups excluding carboxylic acids is 1. The molecular weight excluding hydrogens is 216 g/mol. The second-order valence-corrected chi connectivity index (χ2v) is 3.94. The van der Waals surface area contributed by atoms with Gasteiger partial charge in [0.15, 0.2) is 12.0 Å². The number of aromatic amines is 1. The molecule has 0 aliphatic carbocycles. The van der Waals surface area contributed by atoms with E-state index in [1.807, 2.05) is 19.1 Å². The standard InChI is InChI=1S/C13H10N2O2/c1-8-4-9-6-14-15-12(9)5-11(8)13-3-2-10(7-16)17-13/h2-7H,1H3,(H,14,15). The second-order valence-electron chi connectivity index (χ2n) is 3.94. The Kier molecular flexibility index (Phi) is 2.08. The monoisotopic (exact) mass is 226 g/mol. The summed E-state index contributed by atoms with van der Waals surface area (Å²) in [5.74, 6) is 1.03. The molecule has 0 fully saturated rings. The average molecular weight is 226 g/mol. The molecule has 2 heterocycles. The zero-order valence-electron chi connectivity index (χ0n) is 9.23. The van der Waals surface area contributed by atoms with E-state index >= 15 is 0 Å². The van der Waals surface area contributed by atoms with Crippen LogP contribution >= 0.6 is 0 Å². The number of hydrogen-bond donors (Lipinski definition) is 1. The molecule has 1 N–H and O–H groups in total. The highest BCUT2D eigenvalue weighted by atomic mass is 16.3. The number of rotatable bonds is 2. The van der Waals surface area contributed by atoms with Crippen LogP contribution in [0.2, 0.25) is 0 Å². The van der Waals surface area contributed by atoms with E-state index in [-0.39, 0.29) is 0 Å². The molecule has 3 rings (SSSR count). The first-order valence-corrected chi connectivity index (χ1v) is 5.27. The van der Waals surface area contributed by atoms with Crippen molar-refractivity contribution in [1.29, 1.82) is 0 Å². The second kappa shape index (κ2) is 3.59. The summed E-state index contributed by atoms with van der Waals surface area (Å²) in [5, 5.41) is 7.97. The van der Waals surface area contributed by atoms with Gasteiger partial charge in [-0.25, -0.2) is 0 Å². The van der Waals surface area contributed by atoms with E-state index in [2.05, 4.69) is 10.2 Å². The smallest absolute Gasteiger partial charge is 0.185 e. The van der Waals surface area contributed by atoms with Crippen molar-refractivity contribution in [3.63, 3.8) is 0 Å². The summed E-state index contributed by atoms with van der Waals surface area (Å²) in [7, 11) is 0. The first kappa shape index (κ1) is 9.84. The Hall–Kier alpha value is -2.36. The molecule has 0 amide bonds. The molecule has 4 heteroatoms. The molecular formula is C13H10N2O2. The van der Waals surface area contributed by atoms with E-state index in [9.17, 15) is 4.79 Å². The third kappa shape index (κ3) is 1.54. The fraction of sp³-hybridized carbons (Fsp3) is 0.0769. The largest absolute Gasteiger partial charge is 0.453 e. The number of H-pyrrole nitrogens is 1. The Balaban J connectivity index is 2.21. The van der Waals surface area contributed by atoms with Crippen LogP contribution in [0.25, 0.3) is 22.2 Å². The van der Waals surface area contributed by atoms with Crippen LogP contribution in [0.5, 0.6) is 0 Å². The lowest BCUT2D eigenvalue weighted by atomic mass is 10.0. The Bertz CT molecular complexity index is 694. The first-order chi connectivity index (χ1) is 8.28. The van der Waals surface area contributed by atoms with E-state index in [4.69, 9.17) is 4.42 Å². The number of aldehydes is 1. The molecule has 0 aliphatic heterocycles. The topological polar surface area (TPSA) is 58.9 Å². The minimum atomic E-state index is 0.337. The molecule has 0 atom stereocenters. The van der Waals surface area contributed by atoms with Gasteiger partial charge in [0, 0.05) is 10.9 Å². The van der Waals surface area contributed by atoms with Gasteiger partial charge < -0.3 is 4.42 Å². The van der Waals surface area contributed by atoms with Crippen LogP contribution in [0.1, 0.15) is 16.1 Å². The van der Waals surface area contributed by atoms with Crippen LogP contribution in [-0.2, 0) is 0 Å². The zero-order chi connectivity index (χ0) is 11.8. The summed E-state index contributed by atoms with van der Waals surface area (Å²) in [6.07, 6.45) is 2.48. The number of nitrogens with zero attached hydrogens (tertiary/aromatic N) is 1. The number of benzene rings is 1. The van der Waals surface area contributed by atoms with Crippen molar-refractivity contribution < 1.29 is 9.21 Å². The van der Waals surface area contributed by atoms with Crippen molar-refractivity contribution in [1.82, 2.24) is 10.2 Å². The van der Waals surface area contributed by atoms with Gasteiger partial charge in [-0.2, -0.15) is 5.10 Å². The highest BCUT2D eigenvalue weighted by Crippen LogP contribution is 2.28. The molecule has 0 bridgehead atoms. The number of fused-ring (bicyclic) bond motifs is 1. The number of carbonyl (C=O) groups is 1. The van der Waals surface area contributed by atoms with Crippen molar-refractivity contribution in [3.05, 3.63) is 41.8 Å². The summed E-state index contributed by atoms with van der Waals surface area (Å²) in [6.45, 7) is 2.00. The van der Waals surface area contributed by atoms with Crippen LogP contribution in [0, 0.1) is 6.92 Å². The molecule has 0 aliphatic rings. The van der Waals surface area contributed by atoms with Crippen molar-refractivity contribution in [2.24, 2.45) is 0 Å². The summed E-state index contributed by atoms with van der Waals surface area (Å²) >= 11 is 0. The van der Waals surface area contributed by atoms with Gasteiger partial charge in [0.2, 0.25) is 0 Å². The van der Waals surface area contributed by atoms with Crippen LogP contribution in [0.3, 0.4) is 0 Å². The van der Waals surface area contributed by atoms with E-state index in [1.165, 1.54) is 0 Å². The molecule has 84 valence electrons. The minimum Gasteiger partial charge on any atom is -0.453 e. The molecule has 4 nitrogen and oxygen atoms in total. The fourth-order valence-corrected chi connectivity index (χ4v) is 1.93. The Morgan fingerprint density at radius 3 is 3.00 bits per heavy atom. The van der Waals surface area contributed by atoms with E-state index in [0.717, 1.165) is 22.0 Å². The van der Waals surface area contributed by atoms with Gasteiger partial charge in [0.25, 0.3) is 0 Å². The van der Waals surface area contributed by atoms with Gasteiger partial charge in [-0.05, 0) is 36.8 Å². The fourth-order valence-electron chi connectivity index (χ4n) is 1.93. The maximum atomic E-state index is 10.6. The highest BCUT2D eigenvalue weighted by Gasteiger charge is 2.09. The summed E-state index contributed by atoms with van der Waals surface area (Å²) in [5.41, 5.74) is 3.01. The maximum absolute atomic E-state index is 10.6. The SMILES string of the molecule is Cc1cc2cn[nH]c2cc1-c1ccc(C=O)o1. The minimum absolute atomic E-state index is 0.337. The van der Waals surface area contributed by atoms with Crippen LogP contribution in [0.15, 0.2) is 34.9 Å². The van der Waals surface area contributed by atoms with Gasteiger partial charge in [-0.1, -0.05) is 0 Å². The van der Waals surface area contributed by atoms with Crippen LogP contribution in [0.4, 0.5) is 0 Å². The lowest BCUT2D eigenvalue weighted by Crippen LogP contribution is -1.82. The summed E-state index contributed by atoms with van der Waals surface area (Å²) in [6, 6.07) is 7.48. The van der Waals surface area contributed by atoms with E-state index < -0.39 is 0 Å². The highest BCUT2D eigenvalue weighted by molar-refractivity contribution is 5.85.